The first-order chi connectivity index (χ1) is 19.3. The molecule has 0 unspecified atom stereocenters. The Labute approximate surface area is 235 Å². The number of likely N-dealkylation sites (N-methyl/N-ethyl adjacent to an activating group) is 1. The van der Waals surface area contributed by atoms with Crippen LogP contribution >= 0.6 is 0 Å². The first kappa shape index (κ1) is 30.6. The first-order valence-corrected chi connectivity index (χ1v) is 13.3. The normalized spacial score (nSPS) is 18.2. The molecule has 1 aliphatic heterocycles. The van der Waals surface area contributed by atoms with Crippen LogP contribution in [0.3, 0.4) is 0 Å². The largest absolute Gasteiger partial charge is 0.416 e. The number of likely N-dealkylation sites (tertiary alicyclic amines) is 1. The van der Waals surface area contributed by atoms with E-state index in [2.05, 4.69) is 0 Å². The fourth-order valence-corrected chi connectivity index (χ4v) is 5.40. The van der Waals surface area contributed by atoms with Crippen molar-refractivity contribution in [2.24, 2.45) is 5.92 Å². The van der Waals surface area contributed by atoms with Gasteiger partial charge in [0.25, 0.3) is 0 Å². The summed E-state index contributed by atoms with van der Waals surface area (Å²) >= 11 is 0. The van der Waals surface area contributed by atoms with Crippen LogP contribution in [0, 0.1) is 5.92 Å². The standard InChI is InChI=1S/C31H32F6N2O2/c1-38(2)19-28(40)39-14-13-27(41-20-21-15-24(30(32,33)34)17-25(16-21)31(35,36)37)26(18-39)29(22-9-5-3-6-10-22)23-11-7-4-8-12-23/h3-12,15-17,26-27,29H,13-14,18-20H2,1-2H3/t26-,27+/m1/s1. The molecule has 0 saturated carbocycles. The highest BCUT2D eigenvalue weighted by molar-refractivity contribution is 5.78. The van der Waals surface area contributed by atoms with E-state index in [0.717, 1.165) is 11.1 Å². The van der Waals surface area contributed by atoms with E-state index in [4.69, 9.17) is 4.74 Å². The molecule has 0 radical (unpaired) electrons. The van der Waals surface area contributed by atoms with Crippen LogP contribution in [0.4, 0.5) is 26.3 Å². The van der Waals surface area contributed by atoms with Gasteiger partial charge in [0.05, 0.1) is 30.4 Å². The van der Waals surface area contributed by atoms with Gasteiger partial charge in [-0.3, -0.25) is 4.79 Å². The fourth-order valence-electron chi connectivity index (χ4n) is 5.40. The molecule has 220 valence electrons. The molecule has 1 fully saturated rings. The molecule has 0 aromatic heterocycles. The molecule has 4 rings (SSSR count). The van der Waals surface area contributed by atoms with Crippen molar-refractivity contribution in [1.82, 2.24) is 9.80 Å². The van der Waals surface area contributed by atoms with Crippen molar-refractivity contribution in [2.45, 2.75) is 37.4 Å². The lowest BCUT2D eigenvalue weighted by Crippen LogP contribution is -2.50. The van der Waals surface area contributed by atoms with E-state index in [1.807, 2.05) is 60.7 Å². The summed E-state index contributed by atoms with van der Waals surface area (Å²) in [5.74, 6) is -0.608. The Hall–Kier alpha value is -3.37. The van der Waals surface area contributed by atoms with Gasteiger partial charge in [-0.2, -0.15) is 26.3 Å². The van der Waals surface area contributed by atoms with Gasteiger partial charge in [0.1, 0.15) is 0 Å². The minimum absolute atomic E-state index is 0.0639. The number of carbonyl (C=O) groups excluding carboxylic acids is 1. The maximum atomic E-state index is 13.4. The Morgan fingerprint density at radius 1 is 0.878 bits per heavy atom. The quantitative estimate of drug-likeness (QED) is 0.274. The van der Waals surface area contributed by atoms with E-state index in [-0.39, 0.29) is 35.9 Å². The number of hydrogen-bond acceptors (Lipinski definition) is 3. The van der Waals surface area contributed by atoms with E-state index >= 15 is 0 Å². The molecule has 41 heavy (non-hydrogen) atoms. The number of piperidine rings is 1. The molecule has 4 nitrogen and oxygen atoms in total. The van der Waals surface area contributed by atoms with Gasteiger partial charge in [-0.25, -0.2) is 0 Å². The summed E-state index contributed by atoms with van der Waals surface area (Å²) in [5.41, 5.74) is -1.03. The monoisotopic (exact) mass is 578 g/mol. The number of ether oxygens (including phenoxy) is 1. The molecule has 3 aromatic carbocycles. The molecule has 0 bridgehead atoms. The van der Waals surface area contributed by atoms with Gasteiger partial charge in [0.2, 0.25) is 5.91 Å². The minimum Gasteiger partial charge on any atom is -0.373 e. The van der Waals surface area contributed by atoms with E-state index in [0.29, 0.717) is 31.6 Å². The van der Waals surface area contributed by atoms with Crippen LogP contribution < -0.4 is 0 Å². The van der Waals surface area contributed by atoms with Crippen molar-refractivity contribution in [2.75, 3.05) is 33.7 Å². The van der Waals surface area contributed by atoms with Crippen LogP contribution in [0.1, 0.15) is 40.2 Å². The van der Waals surface area contributed by atoms with Crippen molar-refractivity contribution in [1.29, 1.82) is 0 Å². The number of amides is 1. The van der Waals surface area contributed by atoms with Crippen LogP contribution in [-0.4, -0.2) is 55.5 Å². The second kappa shape index (κ2) is 12.7. The molecule has 0 aliphatic carbocycles. The van der Waals surface area contributed by atoms with Gasteiger partial charge in [-0.1, -0.05) is 60.7 Å². The van der Waals surface area contributed by atoms with Crippen molar-refractivity contribution < 1.29 is 35.9 Å². The summed E-state index contributed by atoms with van der Waals surface area (Å²) in [6, 6.07) is 20.8. The Kier molecular flexibility index (Phi) is 9.44. The Bertz CT molecular complexity index is 1220. The number of hydrogen-bond donors (Lipinski definition) is 0. The highest BCUT2D eigenvalue weighted by Gasteiger charge is 2.40. The molecule has 0 N–H and O–H groups in total. The Morgan fingerprint density at radius 2 is 1.39 bits per heavy atom. The predicted octanol–water partition coefficient (Wildman–Crippen LogP) is 6.85. The third kappa shape index (κ3) is 7.89. The third-order valence-electron chi connectivity index (χ3n) is 7.25. The predicted molar refractivity (Wildman–Crippen MR) is 143 cm³/mol. The van der Waals surface area contributed by atoms with Crippen molar-refractivity contribution >= 4 is 5.91 Å². The van der Waals surface area contributed by atoms with Crippen molar-refractivity contribution in [3.05, 3.63) is 107 Å². The zero-order valence-corrected chi connectivity index (χ0v) is 22.8. The van der Waals surface area contributed by atoms with Gasteiger partial charge < -0.3 is 14.5 Å². The number of benzene rings is 3. The van der Waals surface area contributed by atoms with E-state index in [1.54, 1.807) is 23.9 Å². The SMILES string of the molecule is CN(C)CC(=O)N1CC[C@H](OCc2cc(C(F)(F)F)cc(C(F)(F)F)c2)[C@H](C(c2ccccc2)c2ccccc2)C1. The molecule has 10 heteroatoms. The molecular weight excluding hydrogens is 546 g/mol. The third-order valence-corrected chi connectivity index (χ3v) is 7.25. The highest BCUT2D eigenvalue weighted by Crippen LogP contribution is 2.40. The van der Waals surface area contributed by atoms with Crippen molar-refractivity contribution in [3.8, 4) is 0 Å². The summed E-state index contributed by atoms with van der Waals surface area (Å²) in [4.78, 5) is 16.6. The summed E-state index contributed by atoms with van der Waals surface area (Å²) in [6.07, 6.45) is -10.0. The summed E-state index contributed by atoms with van der Waals surface area (Å²) in [5, 5.41) is 0. The molecule has 1 aliphatic rings. The summed E-state index contributed by atoms with van der Waals surface area (Å²) in [6.45, 7) is 0.461. The zero-order valence-electron chi connectivity index (χ0n) is 22.8. The molecule has 3 aromatic rings. The average Bonchev–Trinajstić information content (AvgIpc) is 2.92. The van der Waals surface area contributed by atoms with Crippen molar-refractivity contribution in [3.63, 3.8) is 0 Å². The maximum Gasteiger partial charge on any atom is 0.416 e. The highest BCUT2D eigenvalue weighted by atomic mass is 19.4. The summed E-state index contributed by atoms with van der Waals surface area (Å²) in [7, 11) is 3.60. The molecule has 1 saturated heterocycles. The van der Waals surface area contributed by atoms with Gasteiger partial charge in [0.15, 0.2) is 0 Å². The molecule has 2 atom stereocenters. The van der Waals surface area contributed by atoms with Crippen LogP contribution in [0.5, 0.6) is 0 Å². The van der Waals surface area contributed by atoms with Crippen LogP contribution in [0.25, 0.3) is 0 Å². The second-order valence-corrected chi connectivity index (χ2v) is 10.6. The topological polar surface area (TPSA) is 32.8 Å². The number of alkyl halides is 6. The van der Waals surface area contributed by atoms with E-state index in [9.17, 15) is 31.1 Å². The van der Waals surface area contributed by atoms with Gasteiger partial charge in [-0.05, 0) is 55.4 Å². The van der Waals surface area contributed by atoms with E-state index in [1.165, 1.54) is 0 Å². The molecule has 1 heterocycles. The lowest BCUT2D eigenvalue weighted by Gasteiger charge is -2.43. The van der Waals surface area contributed by atoms with Gasteiger partial charge in [0, 0.05) is 24.9 Å². The second-order valence-electron chi connectivity index (χ2n) is 10.6. The fraction of sp³-hybridized carbons (Fsp3) is 0.387. The molecular formula is C31H32F6N2O2. The maximum absolute atomic E-state index is 13.4. The van der Waals surface area contributed by atoms with Crippen LogP contribution in [0.2, 0.25) is 0 Å². The Balaban J connectivity index is 1.69. The van der Waals surface area contributed by atoms with Gasteiger partial charge in [-0.15, -0.1) is 0 Å². The van der Waals surface area contributed by atoms with E-state index < -0.39 is 36.2 Å². The molecule has 1 amide bonds. The Morgan fingerprint density at radius 3 is 1.85 bits per heavy atom. The lowest BCUT2D eigenvalue weighted by atomic mass is 9.75. The van der Waals surface area contributed by atoms with Gasteiger partial charge >= 0.3 is 12.4 Å². The molecule has 0 spiro atoms. The summed E-state index contributed by atoms with van der Waals surface area (Å²) < 4.78 is 86.8. The minimum atomic E-state index is -4.94. The number of nitrogens with zero attached hydrogens (tertiary/aromatic N) is 2. The number of carbonyl (C=O) groups is 1. The number of halogens is 6. The zero-order chi connectivity index (χ0) is 29.8. The average molecular weight is 579 g/mol. The van der Waals surface area contributed by atoms with Crippen LogP contribution in [-0.2, 0) is 28.5 Å². The number of rotatable bonds is 8. The first-order valence-electron chi connectivity index (χ1n) is 13.3. The van der Waals surface area contributed by atoms with Crippen LogP contribution in [0.15, 0.2) is 78.9 Å². The smallest absolute Gasteiger partial charge is 0.373 e. The lowest BCUT2D eigenvalue weighted by molar-refractivity contribution is -0.143.